The molecule has 4 nitrogen and oxygen atoms in total. The van der Waals surface area contributed by atoms with E-state index < -0.39 is 5.97 Å². The molecule has 29 heavy (non-hydrogen) atoms. The minimum Gasteiger partial charge on any atom is -0.478 e. The van der Waals surface area contributed by atoms with Gasteiger partial charge in [-0.25, -0.2) is 9.78 Å². The fourth-order valence-corrected chi connectivity index (χ4v) is 4.18. The molecule has 0 saturated heterocycles. The van der Waals surface area contributed by atoms with Gasteiger partial charge < -0.3 is 9.67 Å². The lowest BCUT2D eigenvalue weighted by Gasteiger charge is -2.13. The molecule has 0 saturated carbocycles. The summed E-state index contributed by atoms with van der Waals surface area (Å²) in [5.41, 5.74) is 1.95. The van der Waals surface area contributed by atoms with Crippen LogP contribution in [0.4, 0.5) is 0 Å². The number of benzene rings is 1. The van der Waals surface area contributed by atoms with Gasteiger partial charge in [-0.15, -0.1) is 11.3 Å². The maximum absolute atomic E-state index is 11.8. The number of aromatic nitrogens is 2. The van der Waals surface area contributed by atoms with Gasteiger partial charge in [0.25, 0.3) is 0 Å². The lowest BCUT2D eigenvalue weighted by atomic mass is 10.1. The molecule has 2 heterocycles. The minimum absolute atomic E-state index is 0.327. The van der Waals surface area contributed by atoms with E-state index >= 15 is 0 Å². The molecule has 152 valence electrons. The summed E-state index contributed by atoms with van der Waals surface area (Å²) < 4.78 is 2.03. The molecule has 0 radical (unpaired) electrons. The summed E-state index contributed by atoms with van der Waals surface area (Å²) in [6.45, 7) is 2.61. The number of unbranched alkanes of at least 4 members (excludes halogenated alkanes) is 1. The number of aryl methyl sites for hydroxylation is 1. The van der Waals surface area contributed by atoms with Gasteiger partial charge in [0.05, 0.1) is 28.5 Å². The van der Waals surface area contributed by atoms with Crippen molar-refractivity contribution in [1.82, 2.24) is 9.55 Å². The number of thiophene rings is 1. The van der Waals surface area contributed by atoms with Gasteiger partial charge in [-0.3, -0.25) is 0 Å². The number of carboxylic acid groups (broad SMARTS) is 1. The summed E-state index contributed by atoms with van der Waals surface area (Å²) in [6.07, 6.45) is 6.69. The summed E-state index contributed by atoms with van der Waals surface area (Å²) in [7, 11) is 0. The van der Waals surface area contributed by atoms with Crippen LogP contribution in [0.3, 0.4) is 0 Å². The van der Waals surface area contributed by atoms with Gasteiger partial charge in [0.1, 0.15) is 5.82 Å². The summed E-state index contributed by atoms with van der Waals surface area (Å²) in [4.78, 5) is 17.4. The third-order valence-corrected chi connectivity index (χ3v) is 6.36. The Morgan fingerprint density at radius 3 is 2.79 bits per heavy atom. The maximum Gasteiger partial charge on any atom is 0.332 e. The average Bonchev–Trinajstić information content (AvgIpc) is 3.34. The minimum atomic E-state index is -0.929. The molecule has 3 aromatic rings. The van der Waals surface area contributed by atoms with E-state index in [1.807, 2.05) is 34.2 Å². The van der Waals surface area contributed by atoms with Crippen LogP contribution in [0.2, 0.25) is 10.0 Å². The van der Waals surface area contributed by atoms with Crippen LogP contribution < -0.4 is 0 Å². The first-order valence-electron chi connectivity index (χ1n) is 9.43. The quantitative estimate of drug-likeness (QED) is 0.387. The first kappa shape index (κ1) is 21.6. The number of hydrogen-bond acceptors (Lipinski definition) is 3. The summed E-state index contributed by atoms with van der Waals surface area (Å²) in [6, 6.07) is 9.41. The van der Waals surface area contributed by atoms with E-state index in [1.54, 1.807) is 29.7 Å². The molecule has 0 aliphatic rings. The fourth-order valence-electron chi connectivity index (χ4n) is 3.07. The van der Waals surface area contributed by atoms with Crippen molar-refractivity contribution >= 4 is 46.6 Å². The van der Waals surface area contributed by atoms with Gasteiger partial charge in [-0.2, -0.15) is 0 Å². The lowest BCUT2D eigenvalue weighted by Crippen LogP contribution is -2.09. The Hall–Kier alpha value is -2.08. The van der Waals surface area contributed by atoms with Crippen molar-refractivity contribution < 1.29 is 9.90 Å². The normalized spacial score (nSPS) is 11.8. The highest BCUT2D eigenvalue weighted by Crippen LogP contribution is 2.27. The second kappa shape index (κ2) is 10.1. The molecule has 0 spiro atoms. The number of nitrogens with zero attached hydrogens (tertiary/aromatic N) is 2. The lowest BCUT2D eigenvalue weighted by molar-refractivity contribution is -0.132. The van der Waals surface area contributed by atoms with Crippen molar-refractivity contribution in [3.8, 4) is 0 Å². The van der Waals surface area contributed by atoms with E-state index in [0.717, 1.165) is 41.2 Å². The Bertz CT molecular complexity index is 1010. The molecule has 7 heteroatoms. The van der Waals surface area contributed by atoms with Crippen LogP contribution >= 0.6 is 34.5 Å². The molecule has 3 rings (SSSR count). The van der Waals surface area contributed by atoms with E-state index in [2.05, 4.69) is 11.9 Å². The first-order valence-corrected chi connectivity index (χ1v) is 11.1. The zero-order valence-corrected chi connectivity index (χ0v) is 18.4. The smallest absolute Gasteiger partial charge is 0.332 e. The van der Waals surface area contributed by atoms with Gasteiger partial charge in [-0.1, -0.05) is 54.7 Å². The average molecular weight is 449 g/mol. The maximum atomic E-state index is 11.8. The highest BCUT2D eigenvalue weighted by atomic mass is 35.5. The van der Waals surface area contributed by atoms with Gasteiger partial charge >= 0.3 is 5.97 Å². The molecule has 2 aromatic heterocycles. The molecule has 0 unspecified atom stereocenters. The predicted molar refractivity (Wildman–Crippen MR) is 120 cm³/mol. The largest absolute Gasteiger partial charge is 0.478 e. The summed E-state index contributed by atoms with van der Waals surface area (Å²) in [5.74, 6) is -0.0166. The highest BCUT2D eigenvalue weighted by Gasteiger charge is 2.15. The van der Waals surface area contributed by atoms with Gasteiger partial charge in [-0.05, 0) is 35.6 Å². The second-order valence-corrected chi connectivity index (χ2v) is 8.55. The number of rotatable bonds is 9. The fraction of sp³-hybridized carbons (Fsp3) is 0.273. The number of carboxylic acids is 1. The molecule has 0 aliphatic carbocycles. The number of hydrogen-bond donors (Lipinski definition) is 1. The Balaban J connectivity index is 2.00. The Labute approximate surface area is 184 Å². The molecule has 0 fully saturated rings. The Kier molecular flexibility index (Phi) is 7.53. The third kappa shape index (κ3) is 5.50. The Morgan fingerprint density at radius 2 is 2.10 bits per heavy atom. The van der Waals surface area contributed by atoms with Crippen molar-refractivity contribution in [3.63, 3.8) is 0 Å². The molecule has 0 aliphatic heterocycles. The first-order chi connectivity index (χ1) is 14.0. The zero-order chi connectivity index (χ0) is 20.8. The predicted octanol–water partition coefficient (Wildman–Crippen LogP) is 6.35. The van der Waals surface area contributed by atoms with Crippen LogP contribution in [0, 0.1) is 0 Å². The number of halogens is 2. The summed E-state index contributed by atoms with van der Waals surface area (Å²) >= 11 is 14.1. The van der Waals surface area contributed by atoms with Gasteiger partial charge in [0, 0.05) is 23.3 Å². The third-order valence-electron chi connectivity index (χ3n) is 4.62. The van der Waals surface area contributed by atoms with Crippen molar-refractivity contribution in [2.24, 2.45) is 0 Å². The van der Waals surface area contributed by atoms with Crippen LogP contribution in [-0.4, -0.2) is 20.6 Å². The molecule has 0 bridgehead atoms. The molecule has 1 N–H and O–H groups in total. The Morgan fingerprint density at radius 1 is 1.28 bits per heavy atom. The van der Waals surface area contributed by atoms with E-state index in [-0.39, 0.29) is 0 Å². The zero-order valence-electron chi connectivity index (χ0n) is 16.1. The van der Waals surface area contributed by atoms with Gasteiger partial charge in [0.15, 0.2) is 0 Å². The number of aliphatic carboxylic acids is 1. The van der Waals surface area contributed by atoms with E-state index in [4.69, 9.17) is 23.2 Å². The van der Waals surface area contributed by atoms with Crippen LogP contribution in [0.5, 0.6) is 0 Å². The summed E-state index contributed by atoms with van der Waals surface area (Å²) in [5, 5.41) is 12.7. The van der Waals surface area contributed by atoms with E-state index in [0.29, 0.717) is 28.6 Å². The topological polar surface area (TPSA) is 55.1 Å². The molecule has 0 amide bonds. The van der Waals surface area contributed by atoms with Crippen molar-refractivity contribution in [3.05, 3.63) is 79.5 Å². The van der Waals surface area contributed by atoms with Crippen LogP contribution in [0.15, 0.2) is 47.5 Å². The number of imidazole rings is 1. The molecule has 1 aromatic carbocycles. The van der Waals surface area contributed by atoms with Crippen LogP contribution in [0.25, 0.3) is 6.08 Å². The monoisotopic (exact) mass is 448 g/mol. The number of carbonyl (C=O) groups is 1. The van der Waals surface area contributed by atoms with Gasteiger partial charge in [0.2, 0.25) is 0 Å². The van der Waals surface area contributed by atoms with E-state index in [9.17, 15) is 9.90 Å². The molecule has 0 atom stereocenters. The molecular weight excluding hydrogens is 427 g/mol. The van der Waals surface area contributed by atoms with Crippen molar-refractivity contribution in [1.29, 1.82) is 0 Å². The van der Waals surface area contributed by atoms with Crippen LogP contribution in [0.1, 0.15) is 41.7 Å². The highest BCUT2D eigenvalue weighted by molar-refractivity contribution is 7.09. The van der Waals surface area contributed by atoms with E-state index in [1.165, 1.54) is 0 Å². The van der Waals surface area contributed by atoms with Crippen molar-refractivity contribution in [2.75, 3.05) is 0 Å². The SMILES string of the molecule is CCCCc1ncc(C=C(Cc2cccs2)C(=O)O)n1Cc1cccc(Cl)c1Cl. The van der Waals surface area contributed by atoms with Crippen molar-refractivity contribution in [2.45, 2.75) is 39.2 Å². The second-order valence-electron chi connectivity index (χ2n) is 6.73. The molecular formula is C22H22Cl2N2O2S. The standard InChI is InChI=1S/C22H22Cl2N2O2S/c1-2-3-9-20-25-13-17(11-16(22(27)28)12-18-7-5-10-29-18)26(20)14-15-6-4-8-19(23)21(15)24/h4-8,10-11,13H,2-3,9,12,14H2,1H3,(H,27,28). The van der Waals surface area contributed by atoms with Crippen LogP contribution in [-0.2, 0) is 24.2 Å².